The predicted molar refractivity (Wildman–Crippen MR) is 124 cm³/mol. The topological polar surface area (TPSA) is 79.5 Å². The second-order valence-corrected chi connectivity index (χ2v) is 8.34. The lowest BCUT2D eigenvalue weighted by atomic mass is 9.94. The van der Waals surface area contributed by atoms with Gasteiger partial charge in [-0.1, -0.05) is 47.6 Å². The van der Waals surface area contributed by atoms with Crippen LogP contribution in [0.2, 0.25) is 0 Å². The van der Waals surface area contributed by atoms with Crippen LogP contribution in [0.3, 0.4) is 0 Å². The molecule has 0 fully saturated rings. The molecule has 0 saturated heterocycles. The Bertz CT molecular complexity index is 1420. The minimum absolute atomic E-state index is 0.0150. The van der Waals surface area contributed by atoms with Gasteiger partial charge in [0.05, 0.1) is 17.7 Å². The maximum Gasteiger partial charge on any atom is 0.417 e. The van der Waals surface area contributed by atoms with E-state index in [2.05, 4.69) is 10.1 Å². The van der Waals surface area contributed by atoms with Crippen LogP contribution in [-0.2, 0) is 17.5 Å². The summed E-state index contributed by atoms with van der Waals surface area (Å²) >= 11 is 0. The van der Waals surface area contributed by atoms with E-state index in [1.54, 1.807) is 37.3 Å². The van der Waals surface area contributed by atoms with E-state index < -0.39 is 23.5 Å². The number of rotatable bonds is 7. The number of likely N-dealkylation sites (N-methyl/N-ethyl adjacent to an activating group) is 1. The van der Waals surface area contributed by atoms with Gasteiger partial charge < -0.3 is 9.63 Å². The summed E-state index contributed by atoms with van der Waals surface area (Å²) in [6.45, 7) is 1.47. The van der Waals surface area contributed by atoms with Gasteiger partial charge in [-0.3, -0.25) is 9.69 Å². The number of nitrogens with zero attached hydrogens (tertiary/aromatic N) is 3. The Hall–Kier alpha value is -4.05. The fourth-order valence-electron chi connectivity index (χ4n) is 3.92. The second kappa shape index (κ2) is 9.90. The van der Waals surface area contributed by atoms with Crippen LogP contribution in [0.4, 0.5) is 17.6 Å². The van der Waals surface area contributed by atoms with Gasteiger partial charge in [0.2, 0.25) is 5.82 Å². The van der Waals surface area contributed by atoms with Gasteiger partial charge in [0.1, 0.15) is 5.82 Å². The summed E-state index contributed by atoms with van der Waals surface area (Å²) in [4.78, 5) is 16.4. The minimum Gasteiger partial charge on any atom is -0.480 e. The quantitative estimate of drug-likeness (QED) is 0.312. The van der Waals surface area contributed by atoms with Crippen LogP contribution in [0.15, 0.2) is 65.2 Å². The van der Waals surface area contributed by atoms with Gasteiger partial charge in [-0.05, 0) is 48.9 Å². The van der Waals surface area contributed by atoms with Crippen molar-refractivity contribution in [3.8, 4) is 34.0 Å². The van der Waals surface area contributed by atoms with Crippen LogP contribution in [0, 0.1) is 12.7 Å². The molecule has 0 aliphatic rings. The largest absolute Gasteiger partial charge is 0.480 e. The van der Waals surface area contributed by atoms with E-state index in [0.29, 0.717) is 11.1 Å². The van der Waals surface area contributed by atoms with E-state index in [1.165, 1.54) is 36.2 Å². The Labute approximate surface area is 203 Å². The van der Waals surface area contributed by atoms with Gasteiger partial charge in [-0.15, -0.1) is 0 Å². The van der Waals surface area contributed by atoms with Crippen molar-refractivity contribution >= 4 is 5.97 Å². The normalized spacial score (nSPS) is 11.8. The number of carboxylic acids is 1. The molecule has 0 spiro atoms. The minimum atomic E-state index is -4.64. The van der Waals surface area contributed by atoms with Gasteiger partial charge in [0, 0.05) is 17.7 Å². The molecule has 186 valence electrons. The summed E-state index contributed by atoms with van der Waals surface area (Å²) in [5.41, 5.74) is 0.547. The molecule has 0 bridgehead atoms. The summed E-state index contributed by atoms with van der Waals surface area (Å²) in [6, 6.07) is 15.0. The average Bonchev–Trinajstić information content (AvgIpc) is 3.29. The molecule has 0 unspecified atom stereocenters. The van der Waals surface area contributed by atoms with Gasteiger partial charge in [0.25, 0.3) is 5.89 Å². The van der Waals surface area contributed by atoms with Crippen molar-refractivity contribution in [1.29, 1.82) is 0 Å². The highest BCUT2D eigenvalue weighted by Crippen LogP contribution is 2.40. The van der Waals surface area contributed by atoms with E-state index in [4.69, 9.17) is 9.63 Å². The molecule has 0 aliphatic heterocycles. The van der Waals surface area contributed by atoms with E-state index in [1.807, 2.05) is 0 Å². The zero-order valence-corrected chi connectivity index (χ0v) is 19.3. The van der Waals surface area contributed by atoms with Crippen molar-refractivity contribution < 1.29 is 32.0 Å². The number of hydrogen-bond donors (Lipinski definition) is 1. The summed E-state index contributed by atoms with van der Waals surface area (Å²) in [5, 5.41) is 12.7. The molecule has 0 radical (unpaired) electrons. The maximum absolute atomic E-state index is 15.1. The average molecular weight is 499 g/mol. The number of hydrogen-bond acceptors (Lipinski definition) is 5. The Morgan fingerprint density at radius 1 is 1.03 bits per heavy atom. The van der Waals surface area contributed by atoms with Crippen molar-refractivity contribution in [1.82, 2.24) is 15.0 Å². The molecule has 0 atom stereocenters. The zero-order valence-electron chi connectivity index (χ0n) is 19.3. The molecule has 4 aromatic rings. The standard InChI is InChI=1S/C26H21F4N3O3/c1-15-6-3-4-8-18(15)19-11-10-16(12-21(19)26(28,29)30)25-31-24(32-36-25)20-9-5-7-17(23(20)27)13-33(2)14-22(34)35/h3-12H,13-14H2,1-2H3,(H,34,35). The van der Waals surface area contributed by atoms with Crippen molar-refractivity contribution in [2.45, 2.75) is 19.6 Å². The SMILES string of the molecule is Cc1ccccc1-c1ccc(-c2nc(-c3cccc(CN(C)CC(=O)O)c3F)no2)cc1C(F)(F)F. The highest BCUT2D eigenvalue weighted by Gasteiger charge is 2.35. The maximum atomic E-state index is 15.1. The summed E-state index contributed by atoms with van der Waals surface area (Å²) in [5.74, 6) is -2.06. The highest BCUT2D eigenvalue weighted by molar-refractivity contribution is 5.74. The lowest BCUT2D eigenvalue weighted by Crippen LogP contribution is -2.25. The molecule has 3 aromatic carbocycles. The molecular formula is C26H21F4N3O3. The summed E-state index contributed by atoms with van der Waals surface area (Å²) in [7, 11) is 1.53. The molecule has 1 heterocycles. The van der Waals surface area contributed by atoms with Gasteiger partial charge in [0.15, 0.2) is 0 Å². The molecular weight excluding hydrogens is 478 g/mol. The first-order chi connectivity index (χ1) is 17.0. The summed E-state index contributed by atoms with van der Waals surface area (Å²) < 4.78 is 62.2. The van der Waals surface area contributed by atoms with Crippen LogP contribution < -0.4 is 0 Å². The number of alkyl halides is 3. The number of carboxylic acid groups (broad SMARTS) is 1. The van der Waals surface area contributed by atoms with E-state index in [-0.39, 0.29) is 47.1 Å². The molecule has 1 aromatic heterocycles. The number of carbonyl (C=O) groups is 1. The first kappa shape index (κ1) is 25.1. The Morgan fingerprint density at radius 2 is 1.75 bits per heavy atom. The monoisotopic (exact) mass is 499 g/mol. The Balaban J connectivity index is 1.70. The van der Waals surface area contributed by atoms with Crippen molar-refractivity contribution in [2.75, 3.05) is 13.6 Å². The number of benzene rings is 3. The van der Waals surface area contributed by atoms with Crippen molar-refractivity contribution in [3.05, 3.63) is 83.2 Å². The van der Waals surface area contributed by atoms with E-state index >= 15 is 4.39 Å². The summed E-state index contributed by atoms with van der Waals surface area (Å²) in [6.07, 6.45) is -4.64. The Morgan fingerprint density at radius 3 is 2.44 bits per heavy atom. The predicted octanol–water partition coefficient (Wildman–Crippen LogP) is 6.05. The van der Waals surface area contributed by atoms with Crippen LogP contribution in [0.1, 0.15) is 16.7 Å². The van der Waals surface area contributed by atoms with Crippen LogP contribution in [0.25, 0.3) is 34.0 Å². The van der Waals surface area contributed by atoms with Gasteiger partial charge >= 0.3 is 12.1 Å². The number of aliphatic carboxylic acids is 1. The third-order valence-corrected chi connectivity index (χ3v) is 5.60. The van der Waals surface area contributed by atoms with Gasteiger partial charge in [-0.2, -0.15) is 18.2 Å². The third kappa shape index (κ3) is 5.28. The third-order valence-electron chi connectivity index (χ3n) is 5.60. The number of halogens is 4. The first-order valence-corrected chi connectivity index (χ1v) is 10.8. The molecule has 0 saturated carbocycles. The van der Waals surface area contributed by atoms with E-state index in [9.17, 15) is 18.0 Å². The Kier molecular flexibility index (Phi) is 6.89. The fraction of sp³-hybridized carbons (Fsp3) is 0.192. The lowest BCUT2D eigenvalue weighted by molar-refractivity contribution is -0.138. The molecule has 4 rings (SSSR count). The fourth-order valence-corrected chi connectivity index (χ4v) is 3.92. The molecule has 1 N–H and O–H groups in total. The smallest absolute Gasteiger partial charge is 0.417 e. The van der Waals surface area contributed by atoms with Crippen molar-refractivity contribution in [3.63, 3.8) is 0 Å². The molecule has 0 amide bonds. The number of aromatic nitrogens is 2. The molecule has 36 heavy (non-hydrogen) atoms. The molecule has 6 nitrogen and oxygen atoms in total. The lowest BCUT2D eigenvalue weighted by Gasteiger charge is -2.15. The van der Waals surface area contributed by atoms with Crippen LogP contribution in [-0.4, -0.2) is 39.7 Å². The molecule has 0 aliphatic carbocycles. The van der Waals surface area contributed by atoms with Gasteiger partial charge in [-0.25, -0.2) is 4.39 Å². The van der Waals surface area contributed by atoms with E-state index in [0.717, 1.165) is 6.07 Å². The second-order valence-electron chi connectivity index (χ2n) is 8.34. The number of aryl methyl sites for hydroxylation is 1. The molecule has 10 heteroatoms. The first-order valence-electron chi connectivity index (χ1n) is 10.8. The zero-order chi connectivity index (χ0) is 26.0. The van der Waals surface area contributed by atoms with Crippen LogP contribution >= 0.6 is 0 Å². The highest BCUT2D eigenvalue weighted by atomic mass is 19.4. The van der Waals surface area contributed by atoms with Crippen LogP contribution in [0.5, 0.6) is 0 Å². The van der Waals surface area contributed by atoms with Crippen molar-refractivity contribution in [2.24, 2.45) is 0 Å².